The van der Waals surface area contributed by atoms with E-state index in [1.807, 2.05) is 19.9 Å². The van der Waals surface area contributed by atoms with Gasteiger partial charge in [-0.1, -0.05) is 0 Å². The largest absolute Gasteiger partial charge is 0.350 e. The zero-order valence-corrected chi connectivity index (χ0v) is 8.78. The van der Waals surface area contributed by atoms with E-state index in [0.717, 1.165) is 23.2 Å². The Morgan fingerprint density at radius 2 is 2.20 bits per heavy atom. The summed E-state index contributed by atoms with van der Waals surface area (Å²) in [7, 11) is 0. The molecule has 0 radical (unpaired) electrons. The van der Waals surface area contributed by atoms with E-state index in [1.165, 1.54) is 0 Å². The molecule has 0 unspecified atom stereocenters. The second-order valence-corrected chi connectivity index (χ2v) is 3.36. The van der Waals surface area contributed by atoms with Gasteiger partial charge >= 0.3 is 0 Å². The third kappa shape index (κ3) is 2.52. The Labute approximate surface area is 88.0 Å². The Bertz CT molecular complexity index is 449. The lowest BCUT2D eigenvalue weighted by atomic mass is 10.4. The average Bonchev–Trinajstić information content (AvgIpc) is 2.62. The van der Waals surface area contributed by atoms with Crippen LogP contribution < -0.4 is 5.32 Å². The third-order valence-corrected chi connectivity index (χ3v) is 1.97. The summed E-state index contributed by atoms with van der Waals surface area (Å²) in [5, 5.41) is 3.15. The maximum Gasteiger partial charge on any atom is 0.200 e. The van der Waals surface area contributed by atoms with Crippen LogP contribution >= 0.6 is 0 Å². The molecule has 2 heterocycles. The highest BCUT2D eigenvalue weighted by Crippen LogP contribution is 2.03. The first kappa shape index (κ1) is 9.64. The maximum atomic E-state index is 4.28. The summed E-state index contributed by atoms with van der Waals surface area (Å²) in [5.41, 5.74) is 1.99. The van der Waals surface area contributed by atoms with Crippen molar-refractivity contribution in [2.45, 2.75) is 20.4 Å². The van der Waals surface area contributed by atoms with Crippen LogP contribution in [-0.4, -0.2) is 19.9 Å². The maximum absolute atomic E-state index is 4.28. The van der Waals surface area contributed by atoms with Crippen LogP contribution in [-0.2, 0) is 6.54 Å². The quantitative estimate of drug-likeness (QED) is 0.791. The zero-order valence-electron chi connectivity index (χ0n) is 8.78. The van der Waals surface area contributed by atoms with Crippen LogP contribution in [0.5, 0.6) is 0 Å². The normalized spacial score (nSPS) is 10.3. The minimum atomic E-state index is 0.649. The van der Waals surface area contributed by atoms with Crippen LogP contribution in [0.1, 0.15) is 17.2 Å². The fourth-order valence-corrected chi connectivity index (χ4v) is 1.28. The van der Waals surface area contributed by atoms with Crippen LogP contribution in [0.25, 0.3) is 0 Å². The second kappa shape index (κ2) is 4.08. The molecule has 0 aliphatic carbocycles. The van der Waals surface area contributed by atoms with Crippen molar-refractivity contribution in [2.75, 3.05) is 5.32 Å². The van der Waals surface area contributed by atoms with Crippen molar-refractivity contribution < 1.29 is 0 Å². The van der Waals surface area contributed by atoms with Crippen LogP contribution in [0.4, 0.5) is 5.95 Å². The van der Waals surface area contributed by atoms with E-state index in [9.17, 15) is 0 Å². The highest BCUT2D eigenvalue weighted by atomic mass is 15.1. The molecule has 0 fully saturated rings. The molecule has 0 spiro atoms. The number of hydrogen-bond acceptors (Lipinski definition) is 4. The van der Waals surface area contributed by atoms with Crippen LogP contribution in [0.15, 0.2) is 18.5 Å². The highest BCUT2D eigenvalue weighted by Gasteiger charge is 1.98. The molecule has 0 aliphatic rings. The monoisotopic (exact) mass is 203 g/mol. The molecule has 0 aromatic carbocycles. The molecule has 2 aromatic heterocycles. The Balaban J connectivity index is 1.99. The molecule has 2 aromatic rings. The van der Waals surface area contributed by atoms with E-state index < -0.39 is 0 Å². The van der Waals surface area contributed by atoms with Crippen molar-refractivity contribution in [2.24, 2.45) is 0 Å². The van der Waals surface area contributed by atoms with Crippen molar-refractivity contribution in [1.82, 2.24) is 19.9 Å². The van der Waals surface area contributed by atoms with Crippen molar-refractivity contribution in [3.63, 3.8) is 0 Å². The van der Waals surface area contributed by atoms with E-state index in [-0.39, 0.29) is 0 Å². The van der Waals surface area contributed by atoms with Gasteiger partial charge in [0.2, 0.25) is 5.95 Å². The minimum absolute atomic E-state index is 0.649. The van der Waals surface area contributed by atoms with Crippen LogP contribution in [0.2, 0.25) is 0 Å². The number of aromatic nitrogens is 4. The van der Waals surface area contributed by atoms with E-state index in [4.69, 9.17) is 0 Å². The summed E-state index contributed by atoms with van der Waals surface area (Å²) < 4.78 is 0. The standard InChI is InChI=1S/C10H13N5/c1-7-5-12-10(14-7)13-6-9-3-4-11-8(2)15-9/h3-5H,6H2,1-2H3,(H2,12,13,14). The number of nitrogens with zero attached hydrogens (tertiary/aromatic N) is 3. The SMILES string of the molecule is Cc1nccc(CNc2ncc(C)[nH]2)n1. The van der Waals surface area contributed by atoms with Crippen molar-refractivity contribution >= 4 is 5.95 Å². The molecule has 0 aliphatic heterocycles. The molecule has 5 nitrogen and oxygen atoms in total. The Morgan fingerprint density at radius 3 is 2.87 bits per heavy atom. The lowest BCUT2D eigenvalue weighted by Gasteiger charge is -2.02. The smallest absolute Gasteiger partial charge is 0.200 e. The van der Waals surface area contributed by atoms with Gasteiger partial charge in [-0.15, -0.1) is 0 Å². The summed E-state index contributed by atoms with van der Waals surface area (Å²) in [5.74, 6) is 1.55. The first-order valence-corrected chi connectivity index (χ1v) is 4.78. The lowest BCUT2D eigenvalue weighted by molar-refractivity contribution is 0.945. The number of nitrogens with one attached hydrogen (secondary N) is 2. The summed E-state index contributed by atoms with van der Waals surface area (Å²) in [6, 6.07) is 1.88. The number of imidazole rings is 1. The van der Waals surface area contributed by atoms with Gasteiger partial charge in [-0.2, -0.15) is 0 Å². The van der Waals surface area contributed by atoms with Gasteiger partial charge in [0.15, 0.2) is 0 Å². The van der Waals surface area contributed by atoms with E-state index in [2.05, 4.69) is 25.3 Å². The van der Waals surface area contributed by atoms with Gasteiger partial charge in [0.1, 0.15) is 5.82 Å². The van der Waals surface area contributed by atoms with Gasteiger partial charge in [-0.05, 0) is 19.9 Å². The molecule has 5 heteroatoms. The molecule has 0 saturated carbocycles. The van der Waals surface area contributed by atoms with Crippen LogP contribution in [0.3, 0.4) is 0 Å². The minimum Gasteiger partial charge on any atom is -0.350 e. The van der Waals surface area contributed by atoms with Crippen molar-refractivity contribution in [3.05, 3.63) is 35.7 Å². The number of aryl methyl sites for hydroxylation is 2. The number of aromatic amines is 1. The summed E-state index contributed by atoms with van der Waals surface area (Å²) in [6.07, 6.45) is 3.54. The first-order chi connectivity index (χ1) is 7.24. The molecular formula is C10H13N5. The number of H-pyrrole nitrogens is 1. The molecular weight excluding hydrogens is 190 g/mol. The Hall–Kier alpha value is -1.91. The van der Waals surface area contributed by atoms with Gasteiger partial charge < -0.3 is 10.3 Å². The van der Waals surface area contributed by atoms with E-state index >= 15 is 0 Å². The molecule has 0 bridgehead atoms. The third-order valence-electron chi connectivity index (χ3n) is 1.97. The molecule has 0 saturated heterocycles. The molecule has 78 valence electrons. The zero-order chi connectivity index (χ0) is 10.7. The van der Waals surface area contributed by atoms with Gasteiger partial charge in [0, 0.05) is 18.1 Å². The predicted octanol–water partition coefficient (Wildman–Crippen LogP) is 1.43. The number of rotatable bonds is 3. The summed E-state index contributed by atoms with van der Waals surface area (Å²) >= 11 is 0. The predicted molar refractivity (Wildman–Crippen MR) is 57.4 cm³/mol. The molecule has 0 atom stereocenters. The topological polar surface area (TPSA) is 66.5 Å². The van der Waals surface area contributed by atoms with Crippen molar-refractivity contribution in [1.29, 1.82) is 0 Å². The Morgan fingerprint density at radius 1 is 1.33 bits per heavy atom. The second-order valence-electron chi connectivity index (χ2n) is 3.36. The van der Waals surface area contributed by atoms with E-state index in [0.29, 0.717) is 6.54 Å². The first-order valence-electron chi connectivity index (χ1n) is 4.78. The number of anilines is 1. The average molecular weight is 203 g/mol. The molecule has 0 amide bonds. The van der Waals surface area contributed by atoms with Gasteiger partial charge in [-0.25, -0.2) is 15.0 Å². The van der Waals surface area contributed by atoms with Gasteiger partial charge in [-0.3, -0.25) is 0 Å². The van der Waals surface area contributed by atoms with E-state index in [1.54, 1.807) is 12.4 Å². The fourth-order valence-electron chi connectivity index (χ4n) is 1.28. The molecule has 15 heavy (non-hydrogen) atoms. The van der Waals surface area contributed by atoms with Crippen LogP contribution in [0, 0.1) is 13.8 Å². The van der Waals surface area contributed by atoms with Gasteiger partial charge in [0.05, 0.1) is 12.2 Å². The highest BCUT2D eigenvalue weighted by molar-refractivity contribution is 5.26. The fraction of sp³-hybridized carbons (Fsp3) is 0.300. The van der Waals surface area contributed by atoms with Gasteiger partial charge in [0.25, 0.3) is 0 Å². The summed E-state index contributed by atoms with van der Waals surface area (Å²) in [4.78, 5) is 15.6. The summed E-state index contributed by atoms with van der Waals surface area (Å²) in [6.45, 7) is 4.49. The lowest BCUT2D eigenvalue weighted by Crippen LogP contribution is -2.04. The van der Waals surface area contributed by atoms with Crippen molar-refractivity contribution in [3.8, 4) is 0 Å². The molecule has 2 rings (SSSR count). The Kier molecular flexibility index (Phi) is 2.62. The number of hydrogen-bond donors (Lipinski definition) is 2. The molecule has 2 N–H and O–H groups in total.